The normalized spacial score (nSPS) is 25.4. The summed E-state index contributed by atoms with van der Waals surface area (Å²) in [5.74, 6) is -0.105. The SMILES string of the molecule is Cc1cccc(C(=O)NC2CC(NC(=O)C3CCCC(=O)N3C)C2)c1C. The summed E-state index contributed by atoms with van der Waals surface area (Å²) < 4.78 is 0. The number of nitrogens with one attached hydrogen (secondary N) is 2. The highest BCUT2D eigenvalue weighted by Crippen LogP contribution is 2.23. The molecular formula is C20H27N3O3. The molecule has 2 aliphatic rings. The van der Waals surface area contributed by atoms with Crippen LogP contribution in [0.3, 0.4) is 0 Å². The molecule has 0 spiro atoms. The molecule has 1 saturated carbocycles. The van der Waals surface area contributed by atoms with E-state index in [1.165, 1.54) is 0 Å². The van der Waals surface area contributed by atoms with Crippen LogP contribution < -0.4 is 10.6 Å². The Morgan fingerprint density at radius 2 is 1.81 bits per heavy atom. The number of rotatable bonds is 4. The lowest BCUT2D eigenvalue weighted by atomic mass is 9.86. The highest BCUT2D eigenvalue weighted by molar-refractivity contribution is 5.96. The number of benzene rings is 1. The molecule has 0 radical (unpaired) electrons. The van der Waals surface area contributed by atoms with Crippen molar-refractivity contribution in [2.45, 2.75) is 64.1 Å². The fraction of sp³-hybridized carbons (Fsp3) is 0.550. The molecule has 3 rings (SSSR count). The van der Waals surface area contributed by atoms with Crippen LogP contribution in [-0.4, -0.2) is 47.8 Å². The van der Waals surface area contributed by atoms with Crippen LogP contribution >= 0.6 is 0 Å². The standard InChI is InChI=1S/C20H27N3O3/c1-12-6-4-7-16(13(12)2)19(25)21-14-10-15(11-14)22-20(26)17-8-5-9-18(24)23(17)3/h4,6-7,14-15,17H,5,8-11H2,1-3H3,(H,21,25)(H,22,26). The van der Waals surface area contributed by atoms with Crippen LogP contribution in [0.25, 0.3) is 0 Å². The van der Waals surface area contributed by atoms with E-state index >= 15 is 0 Å². The summed E-state index contributed by atoms with van der Waals surface area (Å²) in [6, 6.07) is 5.51. The zero-order chi connectivity index (χ0) is 18.8. The highest BCUT2D eigenvalue weighted by Gasteiger charge is 2.36. The van der Waals surface area contributed by atoms with Gasteiger partial charge in [-0.1, -0.05) is 12.1 Å². The maximum Gasteiger partial charge on any atom is 0.251 e. The average Bonchev–Trinajstić information content (AvgIpc) is 2.57. The number of piperidine rings is 1. The molecule has 1 aliphatic carbocycles. The van der Waals surface area contributed by atoms with E-state index in [2.05, 4.69) is 10.6 Å². The summed E-state index contributed by atoms with van der Waals surface area (Å²) in [7, 11) is 1.69. The topological polar surface area (TPSA) is 78.5 Å². The maximum absolute atomic E-state index is 12.4. The van der Waals surface area contributed by atoms with E-state index in [4.69, 9.17) is 0 Å². The van der Waals surface area contributed by atoms with Gasteiger partial charge < -0.3 is 15.5 Å². The molecule has 1 aromatic rings. The summed E-state index contributed by atoms with van der Waals surface area (Å²) in [4.78, 5) is 38.1. The minimum atomic E-state index is -0.361. The van der Waals surface area contributed by atoms with Gasteiger partial charge in [0.15, 0.2) is 0 Å². The molecule has 1 aromatic carbocycles. The first-order valence-corrected chi connectivity index (χ1v) is 9.30. The Bertz CT molecular complexity index is 725. The van der Waals surface area contributed by atoms with Crippen LogP contribution in [0.5, 0.6) is 0 Å². The lowest BCUT2D eigenvalue weighted by Gasteiger charge is -2.39. The second-order valence-corrected chi connectivity index (χ2v) is 7.51. The van der Waals surface area contributed by atoms with Gasteiger partial charge in [-0.3, -0.25) is 14.4 Å². The van der Waals surface area contributed by atoms with E-state index in [-0.39, 0.29) is 35.8 Å². The summed E-state index contributed by atoms with van der Waals surface area (Å²) in [6.45, 7) is 3.95. The van der Waals surface area contributed by atoms with Crippen LogP contribution in [0.4, 0.5) is 0 Å². The van der Waals surface area contributed by atoms with Crippen LogP contribution in [0, 0.1) is 13.8 Å². The summed E-state index contributed by atoms with van der Waals surface area (Å²) in [6.07, 6.45) is 3.46. The summed E-state index contributed by atoms with van der Waals surface area (Å²) >= 11 is 0. The zero-order valence-corrected chi connectivity index (χ0v) is 15.7. The molecule has 0 aromatic heterocycles. The van der Waals surface area contributed by atoms with Crippen molar-refractivity contribution in [1.29, 1.82) is 0 Å². The van der Waals surface area contributed by atoms with Crippen molar-refractivity contribution >= 4 is 17.7 Å². The number of hydrogen-bond acceptors (Lipinski definition) is 3. The van der Waals surface area contributed by atoms with Gasteiger partial charge in [0.05, 0.1) is 0 Å². The van der Waals surface area contributed by atoms with Crippen molar-refractivity contribution in [3.63, 3.8) is 0 Å². The minimum Gasteiger partial charge on any atom is -0.351 e. The second-order valence-electron chi connectivity index (χ2n) is 7.51. The maximum atomic E-state index is 12.4. The van der Waals surface area contributed by atoms with Crippen LogP contribution in [-0.2, 0) is 9.59 Å². The summed E-state index contributed by atoms with van der Waals surface area (Å²) in [5.41, 5.74) is 2.81. The molecule has 1 unspecified atom stereocenters. The summed E-state index contributed by atoms with van der Waals surface area (Å²) in [5, 5.41) is 6.06. The number of carbonyl (C=O) groups is 3. The number of likely N-dealkylation sites (tertiary alicyclic amines) is 1. The van der Waals surface area contributed by atoms with Crippen molar-refractivity contribution < 1.29 is 14.4 Å². The monoisotopic (exact) mass is 357 g/mol. The molecule has 140 valence electrons. The van der Waals surface area contributed by atoms with Crippen LogP contribution in [0.15, 0.2) is 18.2 Å². The molecule has 1 atom stereocenters. The van der Waals surface area contributed by atoms with Gasteiger partial charge in [0, 0.05) is 31.1 Å². The number of carbonyl (C=O) groups excluding carboxylic acids is 3. The molecule has 1 saturated heterocycles. The Labute approximate surface area is 154 Å². The molecular weight excluding hydrogens is 330 g/mol. The zero-order valence-electron chi connectivity index (χ0n) is 15.7. The first kappa shape index (κ1) is 18.4. The van der Waals surface area contributed by atoms with E-state index < -0.39 is 0 Å². The van der Waals surface area contributed by atoms with E-state index in [1.807, 2.05) is 32.0 Å². The smallest absolute Gasteiger partial charge is 0.251 e. The first-order chi connectivity index (χ1) is 12.4. The number of likely N-dealkylation sites (N-methyl/N-ethyl adjacent to an activating group) is 1. The fourth-order valence-corrected chi connectivity index (χ4v) is 3.71. The molecule has 6 nitrogen and oxygen atoms in total. The van der Waals surface area contributed by atoms with Gasteiger partial charge in [-0.2, -0.15) is 0 Å². The highest BCUT2D eigenvalue weighted by atomic mass is 16.2. The largest absolute Gasteiger partial charge is 0.351 e. The third-order valence-electron chi connectivity index (χ3n) is 5.70. The quantitative estimate of drug-likeness (QED) is 0.861. The first-order valence-electron chi connectivity index (χ1n) is 9.30. The predicted molar refractivity (Wildman–Crippen MR) is 98.7 cm³/mol. The predicted octanol–water partition coefficient (Wildman–Crippen LogP) is 1.69. The van der Waals surface area contributed by atoms with Gasteiger partial charge in [0.2, 0.25) is 11.8 Å². The number of aryl methyl sites for hydroxylation is 1. The van der Waals surface area contributed by atoms with E-state index in [0.29, 0.717) is 18.4 Å². The fourth-order valence-electron chi connectivity index (χ4n) is 3.71. The lowest BCUT2D eigenvalue weighted by Crippen LogP contribution is -2.58. The molecule has 26 heavy (non-hydrogen) atoms. The lowest BCUT2D eigenvalue weighted by molar-refractivity contribution is -0.142. The van der Waals surface area contributed by atoms with E-state index in [0.717, 1.165) is 30.4 Å². The molecule has 1 heterocycles. The number of hydrogen-bond donors (Lipinski definition) is 2. The Morgan fingerprint density at radius 3 is 2.54 bits per heavy atom. The Balaban J connectivity index is 1.47. The van der Waals surface area contributed by atoms with Gasteiger partial charge in [0.1, 0.15) is 6.04 Å². The number of nitrogens with zero attached hydrogens (tertiary/aromatic N) is 1. The van der Waals surface area contributed by atoms with Gasteiger partial charge in [-0.05, 0) is 56.7 Å². The molecule has 2 N–H and O–H groups in total. The third kappa shape index (κ3) is 3.74. The molecule has 1 aliphatic heterocycles. The Kier molecular flexibility index (Phi) is 5.30. The molecule has 0 bridgehead atoms. The molecule has 6 heteroatoms. The average molecular weight is 357 g/mol. The van der Waals surface area contributed by atoms with E-state index in [1.54, 1.807) is 11.9 Å². The van der Waals surface area contributed by atoms with Gasteiger partial charge in [-0.15, -0.1) is 0 Å². The Morgan fingerprint density at radius 1 is 1.12 bits per heavy atom. The van der Waals surface area contributed by atoms with Crippen LogP contribution in [0.1, 0.15) is 53.6 Å². The van der Waals surface area contributed by atoms with Crippen molar-refractivity contribution in [1.82, 2.24) is 15.5 Å². The van der Waals surface area contributed by atoms with Crippen molar-refractivity contribution in [2.24, 2.45) is 0 Å². The number of amides is 3. The third-order valence-corrected chi connectivity index (χ3v) is 5.70. The van der Waals surface area contributed by atoms with Crippen LogP contribution in [0.2, 0.25) is 0 Å². The van der Waals surface area contributed by atoms with Crippen molar-refractivity contribution in [3.8, 4) is 0 Å². The Hall–Kier alpha value is -2.37. The van der Waals surface area contributed by atoms with Crippen molar-refractivity contribution in [3.05, 3.63) is 34.9 Å². The molecule has 2 fully saturated rings. The molecule has 3 amide bonds. The van der Waals surface area contributed by atoms with Gasteiger partial charge in [-0.25, -0.2) is 0 Å². The van der Waals surface area contributed by atoms with E-state index in [9.17, 15) is 14.4 Å². The van der Waals surface area contributed by atoms with Crippen molar-refractivity contribution in [2.75, 3.05) is 7.05 Å². The minimum absolute atomic E-state index is 0.0312. The van der Waals surface area contributed by atoms with Gasteiger partial charge in [0.25, 0.3) is 5.91 Å². The van der Waals surface area contributed by atoms with Gasteiger partial charge >= 0.3 is 0 Å². The second kappa shape index (κ2) is 7.48.